The van der Waals surface area contributed by atoms with Gasteiger partial charge in [0.1, 0.15) is 11.5 Å². The summed E-state index contributed by atoms with van der Waals surface area (Å²) in [6, 6.07) is 16.3. The Morgan fingerprint density at radius 2 is 1.70 bits per heavy atom. The Kier molecular flexibility index (Phi) is 6.95. The van der Waals surface area contributed by atoms with Crippen molar-refractivity contribution in [2.24, 2.45) is 0 Å². The van der Waals surface area contributed by atoms with Crippen LogP contribution in [0.1, 0.15) is 19.3 Å². The first kappa shape index (κ1) is 17.4. The van der Waals surface area contributed by atoms with Gasteiger partial charge in [0, 0.05) is 5.56 Å². The van der Waals surface area contributed by atoms with Crippen LogP contribution in [0.4, 0.5) is 0 Å². The van der Waals surface area contributed by atoms with Gasteiger partial charge in [-0.05, 0) is 63.7 Å². The lowest BCUT2D eigenvalue weighted by atomic mass is 10.0. The Labute approximate surface area is 139 Å². The summed E-state index contributed by atoms with van der Waals surface area (Å²) in [6.45, 7) is 1.90. The molecule has 0 aliphatic rings. The van der Waals surface area contributed by atoms with Gasteiger partial charge in [-0.3, -0.25) is 0 Å². The van der Waals surface area contributed by atoms with Crippen LogP contribution >= 0.6 is 0 Å². The molecule has 0 heterocycles. The Hall–Kier alpha value is -2.00. The fourth-order valence-electron chi connectivity index (χ4n) is 2.52. The van der Waals surface area contributed by atoms with Crippen LogP contribution in [0.15, 0.2) is 48.5 Å². The maximum atomic E-state index is 5.91. The molecule has 0 amide bonds. The SMILES string of the molecule is COc1ccc(OCCCCCN(C)C)cc1-c1ccccc1. The van der Waals surface area contributed by atoms with E-state index in [9.17, 15) is 0 Å². The fraction of sp³-hybridized carbons (Fsp3) is 0.400. The van der Waals surface area contributed by atoms with E-state index in [0.29, 0.717) is 0 Å². The maximum Gasteiger partial charge on any atom is 0.126 e. The molecule has 0 aromatic heterocycles. The summed E-state index contributed by atoms with van der Waals surface area (Å²) in [4.78, 5) is 2.22. The molecule has 2 aromatic carbocycles. The summed E-state index contributed by atoms with van der Waals surface area (Å²) >= 11 is 0. The van der Waals surface area contributed by atoms with E-state index in [0.717, 1.165) is 42.2 Å². The van der Waals surface area contributed by atoms with Gasteiger partial charge in [-0.15, -0.1) is 0 Å². The van der Waals surface area contributed by atoms with Crippen molar-refractivity contribution in [3.63, 3.8) is 0 Å². The molecule has 23 heavy (non-hydrogen) atoms. The van der Waals surface area contributed by atoms with Crippen LogP contribution in [0, 0.1) is 0 Å². The molecule has 0 atom stereocenters. The smallest absolute Gasteiger partial charge is 0.126 e. The van der Waals surface area contributed by atoms with E-state index < -0.39 is 0 Å². The molecular weight excluding hydrogens is 286 g/mol. The van der Waals surface area contributed by atoms with Crippen molar-refractivity contribution in [2.45, 2.75) is 19.3 Å². The third kappa shape index (κ3) is 5.61. The average molecular weight is 313 g/mol. The van der Waals surface area contributed by atoms with Gasteiger partial charge in [-0.1, -0.05) is 30.3 Å². The van der Waals surface area contributed by atoms with E-state index >= 15 is 0 Å². The zero-order chi connectivity index (χ0) is 16.5. The molecule has 3 nitrogen and oxygen atoms in total. The van der Waals surface area contributed by atoms with Crippen LogP contribution in [-0.4, -0.2) is 39.3 Å². The van der Waals surface area contributed by atoms with Gasteiger partial charge >= 0.3 is 0 Å². The molecule has 2 rings (SSSR count). The molecule has 0 fully saturated rings. The van der Waals surface area contributed by atoms with Gasteiger partial charge in [-0.2, -0.15) is 0 Å². The quantitative estimate of drug-likeness (QED) is 0.637. The number of nitrogens with zero attached hydrogens (tertiary/aromatic N) is 1. The lowest BCUT2D eigenvalue weighted by molar-refractivity contribution is 0.298. The molecule has 3 heteroatoms. The summed E-state index contributed by atoms with van der Waals surface area (Å²) in [6.07, 6.45) is 3.49. The molecule has 0 aliphatic carbocycles. The first-order chi connectivity index (χ1) is 11.2. The molecule has 0 bridgehead atoms. The number of hydrogen-bond donors (Lipinski definition) is 0. The molecule has 0 aliphatic heterocycles. The molecule has 0 radical (unpaired) electrons. The van der Waals surface area contributed by atoms with Crippen LogP contribution in [0.25, 0.3) is 11.1 Å². The highest BCUT2D eigenvalue weighted by Crippen LogP contribution is 2.33. The van der Waals surface area contributed by atoms with E-state index in [2.05, 4.69) is 37.2 Å². The van der Waals surface area contributed by atoms with Gasteiger partial charge in [0.25, 0.3) is 0 Å². The first-order valence-corrected chi connectivity index (χ1v) is 8.21. The Morgan fingerprint density at radius 1 is 0.913 bits per heavy atom. The predicted molar refractivity (Wildman–Crippen MR) is 96.3 cm³/mol. The van der Waals surface area contributed by atoms with Gasteiger partial charge < -0.3 is 14.4 Å². The van der Waals surface area contributed by atoms with Crippen molar-refractivity contribution in [2.75, 3.05) is 34.4 Å². The first-order valence-electron chi connectivity index (χ1n) is 8.21. The van der Waals surface area contributed by atoms with Crippen LogP contribution < -0.4 is 9.47 Å². The van der Waals surface area contributed by atoms with Gasteiger partial charge in [0.05, 0.1) is 13.7 Å². The van der Waals surface area contributed by atoms with Crippen LogP contribution in [0.2, 0.25) is 0 Å². The third-order valence-electron chi connectivity index (χ3n) is 3.77. The third-order valence-corrected chi connectivity index (χ3v) is 3.77. The van der Waals surface area contributed by atoms with E-state index in [1.165, 1.54) is 12.8 Å². The van der Waals surface area contributed by atoms with E-state index in [4.69, 9.17) is 9.47 Å². The van der Waals surface area contributed by atoms with E-state index in [1.807, 2.05) is 30.3 Å². The van der Waals surface area contributed by atoms with E-state index in [1.54, 1.807) is 7.11 Å². The fourth-order valence-corrected chi connectivity index (χ4v) is 2.52. The maximum absolute atomic E-state index is 5.91. The minimum Gasteiger partial charge on any atom is -0.496 e. The highest BCUT2D eigenvalue weighted by atomic mass is 16.5. The van der Waals surface area contributed by atoms with Crippen molar-refractivity contribution in [3.05, 3.63) is 48.5 Å². The van der Waals surface area contributed by atoms with E-state index in [-0.39, 0.29) is 0 Å². The zero-order valence-electron chi connectivity index (χ0n) is 14.4. The Morgan fingerprint density at radius 3 is 2.39 bits per heavy atom. The van der Waals surface area contributed by atoms with Crippen molar-refractivity contribution >= 4 is 0 Å². The highest BCUT2D eigenvalue weighted by molar-refractivity contribution is 5.71. The number of hydrogen-bond acceptors (Lipinski definition) is 3. The number of methoxy groups -OCH3 is 1. The summed E-state index contributed by atoms with van der Waals surface area (Å²) in [5.41, 5.74) is 2.21. The second kappa shape index (κ2) is 9.21. The molecule has 2 aromatic rings. The van der Waals surface area contributed by atoms with Crippen molar-refractivity contribution < 1.29 is 9.47 Å². The van der Waals surface area contributed by atoms with Crippen LogP contribution in [-0.2, 0) is 0 Å². The van der Waals surface area contributed by atoms with Gasteiger partial charge in [0.15, 0.2) is 0 Å². The highest BCUT2D eigenvalue weighted by Gasteiger charge is 2.07. The Balaban J connectivity index is 1.93. The number of benzene rings is 2. The zero-order valence-corrected chi connectivity index (χ0v) is 14.4. The van der Waals surface area contributed by atoms with Gasteiger partial charge in [-0.25, -0.2) is 0 Å². The molecule has 0 spiro atoms. The minimum absolute atomic E-state index is 0.758. The van der Waals surface area contributed by atoms with Crippen LogP contribution in [0.5, 0.6) is 11.5 Å². The Bertz CT molecular complexity index is 581. The summed E-state index contributed by atoms with van der Waals surface area (Å²) < 4.78 is 11.4. The average Bonchev–Trinajstić information content (AvgIpc) is 2.58. The molecular formula is C20H27NO2. The largest absolute Gasteiger partial charge is 0.496 e. The molecule has 0 unspecified atom stereocenters. The second-order valence-electron chi connectivity index (χ2n) is 5.94. The summed E-state index contributed by atoms with van der Waals surface area (Å²) in [7, 11) is 5.92. The molecule has 0 saturated heterocycles. The minimum atomic E-state index is 0.758. The standard InChI is InChI=1S/C20H27NO2/c1-21(2)14-8-5-9-15-23-18-12-13-20(22-3)19(16-18)17-10-6-4-7-11-17/h4,6-7,10-13,16H,5,8-9,14-15H2,1-3H3. The number of rotatable bonds is 9. The topological polar surface area (TPSA) is 21.7 Å². The van der Waals surface area contributed by atoms with Crippen molar-refractivity contribution in [3.8, 4) is 22.6 Å². The molecule has 0 saturated carbocycles. The molecule has 124 valence electrons. The lowest BCUT2D eigenvalue weighted by Crippen LogP contribution is -2.13. The normalized spacial score (nSPS) is 10.8. The second-order valence-corrected chi connectivity index (χ2v) is 5.94. The predicted octanol–water partition coefficient (Wildman–Crippen LogP) is 4.47. The monoisotopic (exact) mass is 313 g/mol. The number of unbranched alkanes of at least 4 members (excludes halogenated alkanes) is 2. The van der Waals surface area contributed by atoms with Crippen LogP contribution in [0.3, 0.4) is 0 Å². The summed E-state index contributed by atoms with van der Waals surface area (Å²) in [5.74, 6) is 1.77. The van der Waals surface area contributed by atoms with Gasteiger partial charge in [0.2, 0.25) is 0 Å². The molecule has 0 N–H and O–H groups in total. The van der Waals surface area contributed by atoms with Crippen molar-refractivity contribution in [1.82, 2.24) is 4.90 Å². The number of ether oxygens (including phenoxy) is 2. The summed E-state index contributed by atoms with van der Waals surface area (Å²) in [5, 5.41) is 0. The van der Waals surface area contributed by atoms with Crippen molar-refractivity contribution in [1.29, 1.82) is 0 Å². The lowest BCUT2D eigenvalue weighted by Gasteiger charge is -2.12.